The summed E-state index contributed by atoms with van der Waals surface area (Å²) < 4.78 is 47.4. The number of likely N-dealkylation sites (tertiary alicyclic amines) is 1. The minimum absolute atomic E-state index is 0.0824. The zero-order valence-electron chi connectivity index (χ0n) is 11.8. The highest BCUT2D eigenvalue weighted by Crippen LogP contribution is 2.21. The van der Waals surface area contributed by atoms with E-state index in [4.69, 9.17) is 5.11 Å². The van der Waals surface area contributed by atoms with E-state index in [1.165, 1.54) is 17.0 Å². The Balaban J connectivity index is 2.02. The fraction of sp³-hybridized carbons (Fsp3) is 0.385. The van der Waals surface area contributed by atoms with Gasteiger partial charge >= 0.3 is 17.8 Å². The predicted molar refractivity (Wildman–Crippen MR) is 76.0 cm³/mol. The summed E-state index contributed by atoms with van der Waals surface area (Å²) in [5.74, 6) is -5.10. The van der Waals surface area contributed by atoms with Gasteiger partial charge in [0.25, 0.3) is 0 Å². The molecule has 1 aromatic rings. The van der Waals surface area contributed by atoms with Crippen LogP contribution in [0.3, 0.4) is 0 Å². The van der Waals surface area contributed by atoms with Crippen LogP contribution in [0.15, 0.2) is 29.2 Å². The summed E-state index contributed by atoms with van der Waals surface area (Å²) in [4.78, 5) is 23.6. The second kappa shape index (κ2) is 6.49. The Kier molecular flexibility index (Phi) is 4.83. The summed E-state index contributed by atoms with van der Waals surface area (Å²) in [6.45, 7) is 0.375. The van der Waals surface area contributed by atoms with E-state index < -0.39 is 38.4 Å². The number of rotatable bonds is 4. The van der Waals surface area contributed by atoms with E-state index in [0.717, 1.165) is 12.1 Å². The Hall–Kier alpha value is -2.23. The number of carboxylic acids is 1. The van der Waals surface area contributed by atoms with E-state index in [0.29, 0.717) is 13.0 Å². The minimum atomic E-state index is -4.68. The molecule has 23 heavy (non-hydrogen) atoms. The first kappa shape index (κ1) is 17.1. The maximum Gasteiger partial charge on any atom is 0.341 e. The number of anilines is 1. The van der Waals surface area contributed by atoms with Crippen molar-refractivity contribution in [1.82, 2.24) is 4.90 Å². The number of urea groups is 1. The van der Waals surface area contributed by atoms with Gasteiger partial charge in [-0.25, -0.2) is 13.2 Å². The molecule has 2 amide bonds. The first-order valence-corrected chi connectivity index (χ1v) is 8.17. The van der Waals surface area contributed by atoms with Crippen LogP contribution in [-0.2, 0) is 14.6 Å². The molecular formula is C13H14F2N2O5S. The molecule has 1 heterocycles. The van der Waals surface area contributed by atoms with Crippen LogP contribution in [0.5, 0.6) is 0 Å². The summed E-state index contributed by atoms with van der Waals surface area (Å²) in [6, 6.07) is 3.80. The number of carboxylic acid groups (broad SMARTS) is 1. The summed E-state index contributed by atoms with van der Waals surface area (Å²) in [7, 11) is -4.68. The molecule has 0 spiro atoms. The number of alkyl halides is 2. The number of carbonyl (C=O) groups is 2. The largest absolute Gasteiger partial charge is 0.481 e. The van der Waals surface area contributed by atoms with Crippen LogP contribution in [-0.4, -0.2) is 49.3 Å². The molecule has 2 rings (SSSR count). The molecule has 1 aliphatic rings. The van der Waals surface area contributed by atoms with Crippen molar-refractivity contribution in [1.29, 1.82) is 0 Å². The van der Waals surface area contributed by atoms with Gasteiger partial charge in [-0.1, -0.05) is 0 Å². The van der Waals surface area contributed by atoms with Crippen LogP contribution in [0.1, 0.15) is 6.42 Å². The van der Waals surface area contributed by atoms with Crippen molar-refractivity contribution in [2.24, 2.45) is 5.92 Å². The Morgan fingerprint density at radius 3 is 2.35 bits per heavy atom. The van der Waals surface area contributed by atoms with E-state index >= 15 is 0 Å². The Morgan fingerprint density at radius 1 is 1.26 bits per heavy atom. The minimum Gasteiger partial charge on any atom is -0.481 e. The van der Waals surface area contributed by atoms with Gasteiger partial charge in [0.15, 0.2) is 0 Å². The number of halogens is 2. The zero-order valence-corrected chi connectivity index (χ0v) is 12.6. The number of sulfone groups is 1. The average molecular weight is 348 g/mol. The number of amides is 2. The number of aliphatic carboxylic acids is 1. The van der Waals surface area contributed by atoms with E-state index in [9.17, 15) is 26.8 Å². The highest BCUT2D eigenvalue weighted by molar-refractivity contribution is 7.91. The molecule has 1 unspecified atom stereocenters. The third-order valence-electron chi connectivity index (χ3n) is 3.49. The topological polar surface area (TPSA) is 104 Å². The monoisotopic (exact) mass is 348 g/mol. The number of hydrogen-bond donors (Lipinski definition) is 2. The molecule has 2 N–H and O–H groups in total. The second-order valence-electron chi connectivity index (χ2n) is 5.03. The molecule has 10 heteroatoms. The SMILES string of the molecule is O=C(O)C1CCN(C(=O)Nc2ccc(S(=O)(=O)C(F)F)cc2)C1. The standard InChI is InChI=1S/C13H14F2N2O5S/c14-12(15)23(21,22)10-3-1-9(2-4-10)16-13(20)17-6-5-8(7-17)11(18)19/h1-4,8,12H,5-7H2,(H,16,20)(H,18,19). The van der Waals surface area contributed by atoms with Crippen LogP contribution in [0, 0.1) is 5.92 Å². The molecule has 1 atom stereocenters. The van der Waals surface area contributed by atoms with Gasteiger partial charge in [0.2, 0.25) is 9.84 Å². The van der Waals surface area contributed by atoms with Crippen LogP contribution in [0.4, 0.5) is 19.3 Å². The highest BCUT2D eigenvalue weighted by atomic mass is 32.2. The molecule has 126 valence electrons. The van der Waals surface area contributed by atoms with Crippen molar-refractivity contribution in [3.8, 4) is 0 Å². The van der Waals surface area contributed by atoms with E-state index in [2.05, 4.69) is 5.32 Å². The first-order chi connectivity index (χ1) is 10.7. The van der Waals surface area contributed by atoms with E-state index in [1.807, 2.05) is 0 Å². The molecular weight excluding hydrogens is 334 g/mol. The molecule has 1 aromatic carbocycles. The zero-order chi connectivity index (χ0) is 17.2. The fourth-order valence-corrected chi connectivity index (χ4v) is 2.90. The van der Waals surface area contributed by atoms with Crippen molar-refractivity contribution < 1.29 is 31.9 Å². The van der Waals surface area contributed by atoms with E-state index in [-0.39, 0.29) is 12.2 Å². The maximum absolute atomic E-state index is 12.4. The van der Waals surface area contributed by atoms with Crippen molar-refractivity contribution in [2.75, 3.05) is 18.4 Å². The highest BCUT2D eigenvalue weighted by Gasteiger charge is 2.31. The van der Waals surface area contributed by atoms with Crippen molar-refractivity contribution in [3.63, 3.8) is 0 Å². The molecule has 1 saturated heterocycles. The van der Waals surface area contributed by atoms with Crippen LogP contribution < -0.4 is 5.32 Å². The van der Waals surface area contributed by atoms with Gasteiger partial charge in [-0.05, 0) is 30.7 Å². The summed E-state index contributed by atoms with van der Waals surface area (Å²) in [5.41, 5.74) is 0.224. The third kappa shape index (κ3) is 3.76. The molecule has 0 aliphatic carbocycles. The molecule has 1 fully saturated rings. The van der Waals surface area contributed by atoms with Crippen molar-refractivity contribution >= 4 is 27.5 Å². The second-order valence-corrected chi connectivity index (χ2v) is 6.95. The number of benzene rings is 1. The number of hydrogen-bond acceptors (Lipinski definition) is 4. The lowest BCUT2D eigenvalue weighted by Gasteiger charge is -2.16. The Bertz CT molecular complexity index is 706. The van der Waals surface area contributed by atoms with Gasteiger partial charge < -0.3 is 15.3 Å². The average Bonchev–Trinajstić information content (AvgIpc) is 2.97. The van der Waals surface area contributed by atoms with E-state index in [1.54, 1.807) is 0 Å². The van der Waals surface area contributed by atoms with Crippen LogP contribution in [0.2, 0.25) is 0 Å². The van der Waals surface area contributed by atoms with Gasteiger partial charge in [-0.15, -0.1) is 0 Å². The Morgan fingerprint density at radius 2 is 1.87 bits per heavy atom. The molecule has 0 radical (unpaired) electrons. The third-order valence-corrected chi connectivity index (χ3v) is 4.89. The molecule has 1 aliphatic heterocycles. The Labute approximate surface area is 130 Å². The molecule has 0 bridgehead atoms. The normalized spacial score (nSPS) is 18.2. The van der Waals surface area contributed by atoms with Gasteiger partial charge in [0.1, 0.15) is 0 Å². The smallest absolute Gasteiger partial charge is 0.341 e. The first-order valence-electron chi connectivity index (χ1n) is 6.62. The molecule has 0 aromatic heterocycles. The van der Waals surface area contributed by atoms with Crippen LogP contribution in [0.25, 0.3) is 0 Å². The maximum atomic E-state index is 12.4. The lowest BCUT2D eigenvalue weighted by molar-refractivity contribution is -0.141. The molecule has 0 saturated carbocycles. The fourth-order valence-electron chi connectivity index (χ4n) is 2.18. The van der Waals surface area contributed by atoms with Crippen molar-refractivity contribution in [3.05, 3.63) is 24.3 Å². The molecule has 7 nitrogen and oxygen atoms in total. The quantitative estimate of drug-likeness (QED) is 0.860. The van der Waals surface area contributed by atoms with Gasteiger partial charge in [0.05, 0.1) is 10.8 Å². The number of nitrogens with one attached hydrogen (secondary N) is 1. The lowest BCUT2D eigenvalue weighted by Crippen LogP contribution is -2.33. The van der Waals surface area contributed by atoms with Gasteiger partial charge in [0, 0.05) is 18.8 Å². The van der Waals surface area contributed by atoms with Crippen LogP contribution >= 0.6 is 0 Å². The summed E-state index contributed by atoms with van der Waals surface area (Å²) in [5, 5.41) is 11.3. The number of nitrogens with zero attached hydrogens (tertiary/aromatic N) is 1. The van der Waals surface area contributed by atoms with Crippen molar-refractivity contribution in [2.45, 2.75) is 17.1 Å². The summed E-state index contributed by atoms with van der Waals surface area (Å²) >= 11 is 0. The van der Waals surface area contributed by atoms with Gasteiger partial charge in [-0.2, -0.15) is 8.78 Å². The van der Waals surface area contributed by atoms with Gasteiger partial charge in [-0.3, -0.25) is 4.79 Å². The lowest BCUT2D eigenvalue weighted by atomic mass is 10.1. The number of carbonyl (C=O) groups excluding carboxylic acids is 1. The predicted octanol–water partition coefficient (Wildman–Crippen LogP) is 1.62. The summed E-state index contributed by atoms with van der Waals surface area (Å²) in [6.07, 6.45) is 0.355.